The van der Waals surface area contributed by atoms with Gasteiger partial charge in [0, 0.05) is 24.8 Å². The summed E-state index contributed by atoms with van der Waals surface area (Å²) in [5.41, 5.74) is 0.491. The van der Waals surface area contributed by atoms with Gasteiger partial charge in [0.2, 0.25) is 0 Å². The molecule has 5 heteroatoms. The van der Waals surface area contributed by atoms with Crippen LogP contribution in [0.1, 0.15) is 45.2 Å². The van der Waals surface area contributed by atoms with E-state index in [0.717, 1.165) is 43.9 Å². The minimum absolute atomic E-state index is 0.536. The first-order chi connectivity index (χ1) is 9.61. The van der Waals surface area contributed by atoms with E-state index >= 15 is 0 Å². The molecule has 5 nitrogen and oxygen atoms in total. The highest BCUT2D eigenvalue weighted by molar-refractivity contribution is 5.75. The van der Waals surface area contributed by atoms with Gasteiger partial charge in [0.1, 0.15) is 12.1 Å². The van der Waals surface area contributed by atoms with Crippen molar-refractivity contribution in [3.8, 4) is 0 Å². The monoisotopic (exact) mass is 277 g/mol. The molecule has 2 rings (SSSR count). The van der Waals surface area contributed by atoms with E-state index in [-0.39, 0.29) is 0 Å². The van der Waals surface area contributed by atoms with E-state index in [9.17, 15) is 9.90 Å². The molecule has 1 saturated heterocycles. The lowest BCUT2D eigenvalue weighted by Gasteiger charge is -2.39. The number of anilines is 1. The summed E-state index contributed by atoms with van der Waals surface area (Å²) in [6.45, 7) is 5.63. The first kappa shape index (κ1) is 14.8. The Morgan fingerprint density at radius 1 is 1.35 bits per heavy atom. The highest BCUT2D eigenvalue weighted by atomic mass is 16.4. The fourth-order valence-electron chi connectivity index (χ4n) is 2.97. The van der Waals surface area contributed by atoms with Crippen molar-refractivity contribution in [1.82, 2.24) is 9.97 Å². The minimum atomic E-state index is -0.643. The Kier molecular flexibility index (Phi) is 4.57. The second-order valence-electron chi connectivity index (χ2n) is 5.54. The number of carboxylic acids is 1. The van der Waals surface area contributed by atoms with Crippen LogP contribution in [0, 0.1) is 5.41 Å². The lowest BCUT2D eigenvalue weighted by atomic mass is 9.75. The molecule has 1 aromatic rings. The number of hydrogen-bond donors (Lipinski definition) is 1. The average molecular weight is 277 g/mol. The Morgan fingerprint density at radius 2 is 2.05 bits per heavy atom. The van der Waals surface area contributed by atoms with Crippen molar-refractivity contribution in [2.45, 2.75) is 46.0 Å². The molecule has 0 bridgehead atoms. The second kappa shape index (κ2) is 6.20. The number of rotatable bonds is 5. The Balaban J connectivity index is 2.08. The first-order valence-corrected chi connectivity index (χ1v) is 7.40. The van der Waals surface area contributed by atoms with Crippen molar-refractivity contribution in [3.63, 3.8) is 0 Å². The highest BCUT2D eigenvalue weighted by Gasteiger charge is 2.40. The topological polar surface area (TPSA) is 66.3 Å². The number of aliphatic carboxylic acids is 1. The highest BCUT2D eigenvalue weighted by Crippen LogP contribution is 2.37. The largest absolute Gasteiger partial charge is 0.481 e. The zero-order chi connectivity index (χ0) is 14.6. The average Bonchev–Trinajstić information content (AvgIpc) is 2.48. The summed E-state index contributed by atoms with van der Waals surface area (Å²) in [6.07, 6.45) is 5.56. The fourth-order valence-corrected chi connectivity index (χ4v) is 2.97. The van der Waals surface area contributed by atoms with E-state index in [4.69, 9.17) is 0 Å². The normalized spacial score (nSPS) is 18.0. The van der Waals surface area contributed by atoms with Crippen LogP contribution in [0.15, 0.2) is 12.4 Å². The van der Waals surface area contributed by atoms with Gasteiger partial charge >= 0.3 is 5.97 Å². The molecule has 0 radical (unpaired) electrons. The molecule has 0 aromatic carbocycles. The first-order valence-electron chi connectivity index (χ1n) is 7.40. The Labute approximate surface area is 120 Å². The second-order valence-corrected chi connectivity index (χ2v) is 5.54. The van der Waals surface area contributed by atoms with Crippen LogP contribution in [0.5, 0.6) is 0 Å². The predicted octanol–water partition coefficient (Wildman–Crippen LogP) is 2.51. The van der Waals surface area contributed by atoms with E-state index in [1.165, 1.54) is 0 Å². The van der Waals surface area contributed by atoms with Crippen molar-refractivity contribution < 1.29 is 9.90 Å². The number of hydrogen-bond acceptors (Lipinski definition) is 4. The van der Waals surface area contributed by atoms with Gasteiger partial charge in [-0.2, -0.15) is 0 Å². The van der Waals surface area contributed by atoms with Gasteiger partial charge < -0.3 is 10.0 Å². The molecule has 0 atom stereocenters. The standard InChI is InChI=1S/C15H23N3O2/c1-3-5-15(14(19)20)6-8-18(9-7-15)13-10-12(4-2)16-11-17-13/h10-11H,3-9H2,1-2H3,(H,19,20). The summed E-state index contributed by atoms with van der Waals surface area (Å²) in [5, 5.41) is 9.51. The molecule has 0 spiro atoms. The van der Waals surface area contributed by atoms with E-state index in [1.54, 1.807) is 6.33 Å². The molecule has 0 saturated carbocycles. The summed E-state index contributed by atoms with van der Waals surface area (Å²) in [5.74, 6) is 0.281. The summed E-state index contributed by atoms with van der Waals surface area (Å²) in [7, 11) is 0. The third kappa shape index (κ3) is 2.92. The van der Waals surface area contributed by atoms with Crippen molar-refractivity contribution in [3.05, 3.63) is 18.1 Å². The fraction of sp³-hybridized carbons (Fsp3) is 0.667. The third-order valence-corrected chi connectivity index (χ3v) is 4.30. The third-order valence-electron chi connectivity index (χ3n) is 4.30. The minimum Gasteiger partial charge on any atom is -0.481 e. The van der Waals surface area contributed by atoms with Crippen molar-refractivity contribution in [1.29, 1.82) is 0 Å². The van der Waals surface area contributed by atoms with E-state index in [2.05, 4.69) is 28.7 Å². The molecule has 1 fully saturated rings. The number of aryl methyl sites for hydroxylation is 1. The molecule has 2 heterocycles. The van der Waals surface area contributed by atoms with Crippen LogP contribution < -0.4 is 4.90 Å². The van der Waals surface area contributed by atoms with E-state index in [1.807, 2.05) is 6.07 Å². The lowest BCUT2D eigenvalue weighted by molar-refractivity contribution is -0.150. The van der Waals surface area contributed by atoms with Gasteiger partial charge in [-0.1, -0.05) is 20.3 Å². The van der Waals surface area contributed by atoms with Crippen LogP contribution in [0.3, 0.4) is 0 Å². The zero-order valence-corrected chi connectivity index (χ0v) is 12.3. The van der Waals surface area contributed by atoms with Gasteiger partial charge in [-0.05, 0) is 25.7 Å². The Bertz CT molecular complexity index is 468. The van der Waals surface area contributed by atoms with Gasteiger partial charge in [-0.3, -0.25) is 4.79 Å². The van der Waals surface area contributed by atoms with Crippen molar-refractivity contribution >= 4 is 11.8 Å². The molecule has 1 aromatic heterocycles. The number of piperidine rings is 1. The molecule has 0 unspecified atom stereocenters. The van der Waals surface area contributed by atoms with Gasteiger partial charge in [-0.15, -0.1) is 0 Å². The molecule has 110 valence electrons. The molecule has 0 amide bonds. The van der Waals surface area contributed by atoms with Gasteiger partial charge in [-0.25, -0.2) is 9.97 Å². The van der Waals surface area contributed by atoms with Crippen LogP contribution in [0.25, 0.3) is 0 Å². The lowest BCUT2D eigenvalue weighted by Crippen LogP contribution is -2.44. The van der Waals surface area contributed by atoms with Crippen molar-refractivity contribution in [2.24, 2.45) is 5.41 Å². The number of nitrogens with zero attached hydrogens (tertiary/aromatic N) is 3. The van der Waals surface area contributed by atoms with Crippen LogP contribution in [-0.4, -0.2) is 34.1 Å². The molecule has 1 aliphatic rings. The maximum Gasteiger partial charge on any atom is 0.309 e. The summed E-state index contributed by atoms with van der Waals surface area (Å²) in [6, 6.07) is 2.01. The summed E-state index contributed by atoms with van der Waals surface area (Å²) < 4.78 is 0. The molecule has 1 aliphatic heterocycles. The number of aromatic nitrogens is 2. The van der Waals surface area contributed by atoms with Crippen LogP contribution >= 0.6 is 0 Å². The number of carboxylic acid groups (broad SMARTS) is 1. The van der Waals surface area contributed by atoms with Crippen molar-refractivity contribution in [2.75, 3.05) is 18.0 Å². The van der Waals surface area contributed by atoms with Gasteiger partial charge in [0.05, 0.1) is 5.41 Å². The van der Waals surface area contributed by atoms with Crippen LogP contribution in [0.4, 0.5) is 5.82 Å². The smallest absolute Gasteiger partial charge is 0.309 e. The quantitative estimate of drug-likeness (QED) is 0.895. The Morgan fingerprint density at radius 3 is 2.60 bits per heavy atom. The molecular formula is C15H23N3O2. The maximum absolute atomic E-state index is 11.6. The summed E-state index contributed by atoms with van der Waals surface area (Å²) in [4.78, 5) is 22.3. The van der Waals surface area contributed by atoms with Crippen LogP contribution in [0.2, 0.25) is 0 Å². The molecule has 0 aliphatic carbocycles. The SMILES string of the molecule is CCCC1(C(=O)O)CCN(c2cc(CC)ncn2)CC1. The van der Waals surface area contributed by atoms with Gasteiger partial charge in [0.25, 0.3) is 0 Å². The van der Waals surface area contributed by atoms with E-state index in [0.29, 0.717) is 12.8 Å². The van der Waals surface area contributed by atoms with E-state index < -0.39 is 11.4 Å². The summed E-state index contributed by atoms with van der Waals surface area (Å²) >= 11 is 0. The zero-order valence-electron chi connectivity index (χ0n) is 12.3. The number of carbonyl (C=O) groups is 1. The van der Waals surface area contributed by atoms with Crippen LogP contribution in [-0.2, 0) is 11.2 Å². The predicted molar refractivity (Wildman–Crippen MR) is 77.8 cm³/mol. The Hall–Kier alpha value is -1.65. The molecule has 1 N–H and O–H groups in total. The maximum atomic E-state index is 11.6. The molecule has 20 heavy (non-hydrogen) atoms. The van der Waals surface area contributed by atoms with Gasteiger partial charge in [0.15, 0.2) is 0 Å². The molecular weight excluding hydrogens is 254 g/mol.